The molecule has 4 heteroatoms. The fourth-order valence-corrected chi connectivity index (χ4v) is 2.09. The summed E-state index contributed by atoms with van der Waals surface area (Å²) in [5.41, 5.74) is 1.24. The molecule has 1 fully saturated rings. The van der Waals surface area contributed by atoms with Crippen LogP contribution < -0.4 is 10.6 Å². The third-order valence-electron chi connectivity index (χ3n) is 2.99. The van der Waals surface area contributed by atoms with Gasteiger partial charge in [0, 0.05) is 31.4 Å². The quantitative estimate of drug-likeness (QED) is 0.689. The van der Waals surface area contributed by atoms with Crippen LogP contribution in [-0.2, 0) is 11.2 Å². The molecule has 0 bridgehead atoms. The largest absolute Gasteiger partial charge is 0.367 e. The summed E-state index contributed by atoms with van der Waals surface area (Å²) < 4.78 is 0. The molecule has 1 saturated heterocycles. The van der Waals surface area contributed by atoms with Gasteiger partial charge in [0.25, 0.3) is 0 Å². The highest BCUT2D eigenvalue weighted by Gasteiger charge is 2.16. The molecule has 1 aliphatic heterocycles. The van der Waals surface area contributed by atoms with Crippen LogP contribution in [0.3, 0.4) is 0 Å². The maximum absolute atomic E-state index is 11.6. The van der Waals surface area contributed by atoms with Crippen molar-refractivity contribution in [2.24, 2.45) is 0 Å². The third-order valence-corrected chi connectivity index (χ3v) is 2.99. The Hall–Kier alpha value is -1.29. The molecule has 0 spiro atoms. The van der Waals surface area contributed by atoms with Gasteiger partial charge in [0.15, 0.2) is 0 Å². The van der Waals surface area contributed by atoms with E-state index in [1.165, 1.54) is 12.0 Å². The third kappa shape index (κ3) is 3.38. The van der Waals surface area contributed by atoms with Crippen molar-refractivity contribution in [3.63, 3.8) is 0 Å². The lowest BCUT2D eigenvalue weighted by Gasteiger charge is -2.09. The van der Waals surface area contributed by atoms with Crippen molar-refractivity contribution in [1.29, 1.82) is 0 Å². The zero-order valence-electron chi connectivity index (χ0n) is 9.46. The highest BCUT2D eigenvalue weighted by molar-refractivity contribution is 5.76. The monoisotopic (exact) mass is 221 g/mol. The molecular weight excluding hydrogens is 202 g/mol. The normalized spacial score (nSPS) is 19.9. The van der Waals surface area contributed by atoms with Crippen LogP contribution in [0.2, 0.25) is 0 Å². The van der Waals surface area contributed by atoms with Gasteiger partial charge in [-0.2, -0.15) is 0 Å². The molecular formula is C12H19N3O. The second kappa shape index (κ2) is 5.70. The van der Waals surface area contributed by atoms with Crippen LogP contribution in [0.4, 0.5) is 0 Å². The SMILES string of the molecule is O=C(CC1CCCN1)NCCc1cc[nH]c1. The molecule has 1 unspecified atom stereocenters. The molecule has 16 heavy (non-hydrogen) atoms. The molecule has 2 heterocycles. The smallest absolute Gasteiger partial charge is 0.221 e. The first-order valence-corrected chi connectivity index (χ1v) is 5.96. The topological polar surface area (TPSA) is 56.9 Å². The van der Waals surface area contributed by atoms with E-state index < -0.39 is 0 Å². The summed E-state index contributed by atoms with van der Waals surface area (Å²) in [5.74, 6) is 0.162. The number of hydrogen-bond acceptors (Lipinski definition) is 2. The summed E-state index contributed by atoms with van der Waals surface area (Å²) >= 11 is 0. The fourth-order valence-electron chi connectivity index (χ4n) is 2.09. The molecule has 3 N–H and O–H groups in total. The van der Waals surface area contributed by atoms with E-state index >= 15 is 0 Å². The van der Waals surface area contributed by atoms with Gasteiger partial charge in [-0.25, -0.2) is 0 Å². The number of rotatable bonds is 5. The Bertz CT molecular complexity index is 315. The minimum atomic E-state index is 0.162. The van der Waals surface area contributed by atoms with Crippen molar-refractivity contribution in [2.45, 2.75) is 31.7 Å². The minimum absolute atomic E-state index is 0.162. The van der Waals surface area contributed by atoms with Crippen molar-refractivity contribution in [1.82, 2.24) is 15.6 Å². The van der Waals surface area contributed by atoms with Crippen LogP contribution >= 0.6 is 0 Å². The second-order valence-electron chi connectivity index (χ2n) is 4.32. The van der Waals surface area contributed by atoms with Gasteiger partial charge < -0.3 is 15.6 Å². The summed E-state index contributed by atoms with van der Waals surface area (Å²) in [6.07, 6.45) is 7.71. The lowest BCUT2D eigenvalue weighted by molar-refractivity contribution is -0.121. The van der Waals surface area contributed by atoms with Crippen LogP contribution in [-0.4, -0.2) is 30.0 Å². The van der Waals surface area contributed by atoms with Crippen LogP contribution in [0.1, 0.15) is 24.8 Å². The Morgan fingerprint density at radius 2 is 2.50 bits per heavy atom. The summed E-state index contributed by atoms with van der Waals surface area (Å²) in [6.45, 7) is 1.78. The van der Waals surface area contributed by atoms with Crippen molar-refractivity contribution >= 4 is 5.91 Å². The molecule has 0 radical (unpaired) electrons. The molecule has 0 aliphatic carbocycles. The molecule has 1 aromatic rings. The van der Waals surface area contributed by atoms with Gasteiger partial charge in [0.05, 0.1) is 0 Å². The van der Waals surface area contributed by atoms with E-state index in [1.54, 1.807) is 0 Å². The minimum Gasteiger partial charge on any atom is -0.367 e. The van der Waals surface area contributed by atoms with Crippen LogP contribution in [0.15, 0.2) is 18.5 Å². The first-order valence-electron chi connectivity index (χ1n) is 5.96. The molecule has 0 aromatic carbocycles. The number of nitrogens with one attached hydrogen (secondary N) is 3. The zero-order valence-corrected chi connectivity index (χ0v) is 9.46. The molecule has 1 amide bonds. The van der Waals surface area contributed by atoms with Gasteiger partial charge in [-0.15, -0.1) is 0 Å². The Kier molecular flexibility index (Phi) is 3.99. The number of amides is 1. The summed E-state index contributed by atoms with van der Waals surface area (Å²) in [4.78, 5) is 14.6. The van der Waals surface area contributed by atoms with Gasteiger partial charge in [0.1, 0.15) is 0 Å². The lowest BCUT2D eigenvalue weighted by Crippen LogP contribution is -2.32. The van der Waals surface area contributed by atoms with Gasteiger partial charge in [-0.05, 0) is 37.4 Å². The number of aromatic amines is 1. The van der Waals surface area contributed by atoms with Crippen molar-refractivity contribution < 1.29 is 4.79 Å². The zero-order chi connectivity index (χ0) is 11.2. The average Bonchev–Trinajstić information content (AvgIpc) is 2.90. The van der Waals surface area contributed by atoms with E-state index in [-0.39, 0.29) is 5.91 Å². The Morgan fingerprint density at radius 3 is 3.19 bits per heavy atom. The van der Waals surface area contributed by atoms with Crippen LogP contribution in [0.25, 0.3) is 0 Å². The summed E-state index contributed by atoms with van der Waals surface area (Å²) in [6, 6.07) is 2.43. The average molecular weight is 221 g/mol. The first-order chi connectivity index (χ1) is 7.84. The number of aromatic nitrogens is 1. The maximum Gasteiger partial charge on any atom is 0.221 e. The number of hydrogen-bond donors (Lipinski definition) is 3. The van der Waals surface area contributed by atoms with E-state index in [0.717, 1.165) is 25.9 Å². The Balaban J connectivity index is 1.60. The standard InChI is InChI=1S/C12H19N3O/c16-12(8-11-2-1-5-14-11)15-7-4-10-3-6-13-9-10/h3,6,9,11,13-14H,1-2,4-5,7-8H2,(H,15,16). The number of carbonyl (C=O) groups is 1. The summed E-state index contributed by atoms with van der Waals surface area (Å²) in [5, 5.41) is 6.28. The predicted molar refractivity (Wildman–Crippen MR) is 63.1 cm³/mol. The van der Waals surface area contributed by atoms with Gasteiger partial charge >= 0.3 is 0 Å². The van der Waals surface area contributed by atoms with E-state index in [9.17, 15) is 4.79 Å². The fraction of sp³-hybridized carbons (Fsp3) is 0.583. The van der Waals surface area contributed by atoms with Crippen LogP contribution in [0, 0.1) is 0 Å². The van der Waals surface area contributed by atoms with E-state index in [0.29, 0.717) is 12.5 Å². The molecule has 4 nitrogen and oxygen atoms in total. The molecule has 1 aromatic heterocycles. The van der Waals surface area contributed by atoms with Crippen molar-refractivity contribution in [2.75, 3.05) is 13.1 Å². The maximum atomic E-state index is 11.6. The van der Waals surface area contributed by atoms with Gasteiger partial charge in [-0.3, -0.25) is 4.79 Å². The Morgan fingerprint density at radius 1 is 1.56 bits per heavy atom. The highest BCUT2D eigenvalue weighted by Crippen LogP contribution is 2.08. The molecule has 2 rings (SSSR count). The van der Waals surface area contributed by atoms with Crippen molar-refractivity contribution in [3.8, 4) is 0 Å². The Labute approximate surface area is 95.8 Å². The van der Waals surface area contributed by atoms with Crippen LogP contribution in [0.5, 0.6) is 0 Å². The van der Waals surface area contributed by atoms with Gasteiger partial charge in [0.2, 0.25) is 5.91 Å². The molecule has 88 valence electrons. The number of H-pyrrole nitrogens is 1. The number of carbonyl (C=O) groups excluding carboxylic acids is 1. The van der Waals surface area contributed by atoms with E-state index in [2.05, 4.69) is 15.6 Å². The highest BCUT2D eigenvalue weighted by atomic mass is 16.1. The lowest BCUT2D eigenvalue weighted by atomic mass is 10.1. The predicted octanol–water partition coefficient (Wildman–Crippen LogP) is 0.815. The summed E-state index contributed by atoms with van der Waals surface area (Å²) in [7, 11) is 0. The molecule has 0 saturated carbocycles. The second-order valence-corrected chi connectivity index (χ2v) is 4.32. The molecule has 1 atom stereocenters. The molecule has 1 aliphatic rings. The van der Waals surface area contributed by atoms with E-state index in [1.807, 2.05) is 18.5 Å². The van der Waals surface area contributed by atoms with E-state index in [4.69, 9.17) is 0 Å². The van der Waals surface area contributed by atoms with Crippen molar-refractivity contribution in [3.05, 3.63) is 24.0 Å². The first kappa shape index (κ1) is 11.2. The van der Waals surface area contributed by atoms with Gasteiger partial charge in [-0.1, -0.05) is 0 Å².